The number of allylic oxidation sites excluding steroid dienone is 1. The number of carbonyl (C=O) groups excluding carboxylic acids is 1. The molecule has 2 aliphatic rings. The van der Waals surface area contributed by atoms with Crippen molar-refractivity contribution in [2.75, 3.05) is 0 Å². The lowest BCUT2D eigenvalue weighted by Gasteiger charge is -2.34. The van der Waals surface area contributed by atoms with Crippen LogP contribution < -0.4 is 0 Å². The zero-order valence-electron chi connectivity index (χ0n) is 15.8. The van der Waals surface area contributed by atoms with Crippen LogP contribution in [0.4, 0.5) is 8.78 Å². The summed E-state index contributed by atoms with van der Waals surface area (Å²) >= 11 is 0. The molecule has 1 fully saturated rings. The first-order chi connectivity index (χ1) is 14.1. The lowest BCUT2D eigenvalue weighted by atomic mass is 9.68. The quantitative estimate of drug-likeness (QED) is 0.621. The molecular formula is C24H20F2N2O. The number of ketones is 1. The van der Waals surface area contributed by atoms with Crippen LogP contribution in [0.1, 0.15) is 52.1 Å². The van der Waals surface area contributed by atoms with Gasteiger partial charge in [-0.1, -0.05) is 55.0 Å². The smallest absolute Gasteiger partial charge is 0.186 e. The predicted octanol–water partition coefficient (Wildman–Crippen LogP) is 5.23. The molecule has 0 aliphatic heterocycles. The van der Waals surface area contributed by atoms with Crippen LogP contribution in [0, 0.1) is 17.6 Å². The van der Waals surface area contributed by atoms with E-state index in [1.54, 1.807) is 6.07 Å². The van der Waals surface area contributed by atoms with Crippen molar-refractivity contribution < 1.29 is 13.6 Å². The summed E-state index contributed by atoms with van der Waals surface area (Å²) in [6, 6.07) is 13.8. The molecule has 0 saturated heterocycles. The molecule has 5 rings (SSSR count). The number of hydrogen-bond acceptors (Lipinski definition) is 2. The number of halogens is 2. The average Bonchev–Trinajstić information content (AvgIpc) is 3.12. The monoisotopic (exact) mass is 390 g/mol. The van der Waals surface area contributed by atoms with Gasteiger partial charge >= 0.3 is 0 Å². The second-order valence-electron chi connectivity index (χ2n) is 7.93. The number of nitrogens with zero attached hydrogens (tertiary/aromatic N) is 1. The Bertz CT molecular complexity index is 1120. The van der Waals surface area contributed by atoms with E-state index in [4.69, 9.17) is 0 Å². The van der Waals surface area contributed by atoms with Crippen LogP contribution in [0.5, 0.6) is 0 Å². The molecule has 1 heterocycles. The number of nitrogens with one attached hydrogen (secondary N) is 1. The van der Waals surface area contributed by atoms with Gasteiger partial charge in [-0.3, -0.25) is 9.89 Å². The zero-order valence-corrected chi connectivity index (χ0v) is 15.8. The van der Waals surface area contributed by atoms with E-state index in [9.17, 15) is 13.6 Å². The summed E-state index contributed by atoms with van der Waals surface area (Å²) in [5.74, 6) is -1.57. The maximum atomic E-state index is 14.1. The van der Waals surface area contributed by atoms with Crippen LogP contribution in [0.25, 0.3) is 6.08 Å². The first-order valence-electron chi connectivity index (χ1n) is 9.90. The number of rotatable bonds is 4. The molecule has 2 aliphatic carbocycles. The molecule has 1 unspecified atom stereocenters. The lowest BCUT2D eigenvalue weighted by Crippen LogP contribution is -2.31. The fraction of sp³-hybridized carbons (Fsp3) is 0.250. The highest BCUT2D eigenvalue weighted by Crippen LogP contribution is 2.42. The van der Waals surface area contributed by atoms with E-state index in [2.05, 4.69) is 10.2 Å². The van der Waals surface area contributed by atoms with Crippen molar-refractivity contribution in [2.24, 2.45) is 5.92 Å². The third kappa shape index (κ3) is 2.84. The van der Waals surface area contributed by atoms with Gasteiger partial charge in [0.1, 0.15) is 5.69 Å². The van der Waals surface area contributed by atoms with Crippen molar-refractivity contribution >= 4 is 11.9 Å². The van der Waals surface area contributed by atoms with E-state index < -0.39 is 17.0 Å². The molecule has 5 heteroatoms. The summed E-state index contributed by atoms with van der Waals surface area (Å²) in [6.07, 6.45) is 7.32. The van der Waals surface area contributed by atoms with E-state index in [0.29, 0.717) is 17.7 Å². The van der Waals surface area contributed by atoms with Crippen LogP contribution in [-0.2, 0) is 11.8 Å². The summed E-state index contributed by atoms with van der Waals surface area (Å²) in [7, 11) is 0. The van der Waals surface area contributed by atoms with Crippen molar-refractivity contribution in [1.29, 1.82) is 0 Å². The summed E-state index contributed by atoms with van der Waals surface area (Å²) in [5, 5.41) is 7.37. The van der Waals surface area contributed by atoms with Crippen molar-refractivity contribution in [3.63, 3.8) is 0 Å². The molecule has 146 valence electrons. The standard InChI is InChI=1S/C24H20F2N2O/c25-19-10-9-17(13-20(19)26)24(16-7-2-1-3-8-16)12-11-18-21(14-24)27-28-22(18)23(29)15-5-4-6-15/h1-3,7-13,15H,4-6,14H2,(H,27,28). The van der Waals surface area contributed by atoms with Crippen LogP contribution in [0.15, 0.2) is 54.6 Å². The van der Waals surface area contributed by atoms with Crippen LogP contribution >= 0.6 is 0 Å². The Morgan fingerprint density at radius 3 is 2.52 bits per heavy atom. The maximum absolute atomic E-state index is 14.1. The molecule has 1 aromatic heterocycles. The molecule has 0 spiro atoms. The minimum absolute atomic E-state index is 0.0720. The van der Waals surface area contributed by atoms with Crippen molar-refractivity contribution in [3.05, 3.63) is 94.3 Å². The normalized spacial score (nSPS) is 20.9. The number of carbonyl (C=O) groups is 1. The van der Waals surface area contributed by atoms with Gasteiger partial charge in [-0.15, -0.1) is 0 Å². The fourth-order valence-corrected chi connectivity index (χ4v) is 4.39. The Labute approximate surface area is 167 Å². The molecule has 1 atom stereocenters. The number of aromatic amines is 1. The van der Waals surface area contributed by atoms with E-state index in [1.165, 1.54) is 6.07 Å². The molecule has 3 aromatic rings. The van der Waals surface area contributed by atoms with Crippen LogP contribution in [-0.4, -0.2) is 16.0 Å². The summed E-state index contributed by atoms with van der Waals surface area (Å²) in [5.41, 5.74) is 3.10. The second-order valence-corrected chi connectivity index (χ2v) is 7.93. The van der Waals surface area contributed by atoms with Crippen molar-refractivity contribution in [2.45, 2.75) is 31.1 Å². The largest absolute Gasteiger partial charge is 0.292 e. The SMILES string of the molecule is O=C(c1n[nH]c2c1C=CC(c1ccccc1)(c1ccc(F)c(F)c1)C2)C1CCC1. The molecule has 0 radical (unpaired) electrons. The lowest BCUT2D eigenvalue weighted by molar-refractivity contribution is 0.0849. The van der Waals surface area contributed by atoms with Crippen molar-refractivity contribution in [1.82, 2.24) is 10.2 Å². The summed E-state index contributed by atoms with van der Waals surface area (Å²) in [6.45, 7) is 0. The molecule has 0 amide bonds. The van der Waals surface area contributed by atoms with Gasteiger partial charge in [0.2, 0.25) is 0 Å². The van der Waals surface area contributed by atoms with E-state index in [-0.39, 0.29) is 11.7 Å². The fourth-order valence-electron chi connectivity index (χ4n) is 4.39. The highest BCUT2D eigenvalue weighted by molar-refractivity contribution is 6.00. The van der Waals surface area contributed by atoms with Gasteiger partial charge in [-0.2, -0.15) is 5.10 Å². The van der Waals surface area contributed by atoms with Gasteiger partial charge in [0.15, 0.2) is 17.4 Å². The highest BCUT2D eigenvalue weighted by atomic mass is 19.2. The Morgan fingerprint density at radius 2 is 1.83 bits per heavy atom. The number of Topliss-reactive ketones (excluding diaryl/α,β-unsaturated/α-hetero) is 1. The van der Waals surface area contributed by atoms with Crippen LogP contribution in [0.2, 0.25) is 0 Å². The van der Waals surface area contributed by atoms with Gasteiger partial charge in [0, 0.05) is 29.0 Å². The van der Waals surface area contributed by atoms with E-state index in [0.717, 1.165) is 42.1 Å². The molecule has 3 nitrogen and oxygen atoms in total. The maximum Gasteiger partial charge on any atom is 0.186 e. The van der Waals surface area contributed by atoms with Crippen LogP contribution in [0.3, 0.4) is 0 Å². The Kier molecular flexibility index (Phi) is 4.19. The average molecular weight is 390 g/mol. The van der Waals surface area contributed by atoms with Gasteiger partial charge in [0.25, 0.3) is 0 Å². The zero-order chi connectivity index (χ0) is 20.0. The third-order valence-corrected chi connectivity index (χ3v) is 6.31. The number of fused-ring (bicyclic) bond motifs is 1. The molecule has 0 bridgehead atoms. The first-order valence-corrected chi connectivity index (χ1v) is 9.90. The van der Waals surface area contributed by atoms with Gasteiger partial charge in [-0.05, 0) is 36.1 Å². The predicted molar refractivity (Wildman–Crippen MR) is 107 cm³/mol. The minimum atomic E-state index is -0.873. The molecular weight excluding hydrogens is 370 g/mol. The number of aromatic nitrogens is 2. The molecule has 2 aromatic carbocycles. The van der Waals surface area contributed by atoms with Gasteiger partial charge in [0.05, 0.1) is 0 Å². The minimum Gasteiger partial charge on any atom is -0.292 e. The Morgan fingerprint density at radius 1 is 1.03 bits per heavy atom. The Balaban J connectivity index is 1.62. The van der Waals surface area contributed by atoms with E-state index >= 15 is 0 Å². The van der Waals surface area contributed by atoms with Gasteiger partial charge < -0.3 is 0 Å². The number of hydrogen-bond donors (Lipinski definition) is 1. The summed E-state index contributed by atoms with van der Waals surface area (Å²) < 4.78 is 27.7. The number of benzene rings is 2. The Hall–Kier alpha value is -3.08. The molecule has 1 saturated carbocycles. The molecule has 29 heavy (non-hydrogen) atoms. The topological polar surface area (TPSA) is 45.8 Å². The summed E-state index contributed by atoms with van der Waals surface area (Å²) in [4.78, 5) is 12.7. The molecule has 1 N–H and O–H groups in total. The first kappa shape index (κ1) is 18.0. The highest BCUT2D eigenvalue weighted by Gasteiger charge is 2.38. The second kappa shape index (κ2) is 6.76. The van der Waals surface area contributed by atoms with Crippen molar-refractivity contribution in [3.8, 4) is 0 Å². The van der Waals surface area contributed by atoms with Gasteiger partial charge in [-0.25, -0.2) is 8.78 Å². The van der Waals surface area contributed by atoms with E-state index in [1.807, 2.05) is 42.5 Å². The number of H-pyrrole nitrogens is 1. The third-order valence-electron chi connectivity index (χ3n) is 6.31.